The number of furan rings is 1. The second-order valence-corrected chi connectivity index (χ2v) is 15.8. The largest absolute Gasteiger partial charge is 0.456 e. The summed E-state index contributed by atoms with van der Waals surface area (Å²) in [6, 6.07) is 65.0. The third-order valence-corrected chi connectivity index (χ3v) is 12.9. The van der Waals surface area contributed by atoms with Gasteiger partial charge in [-0.15, -0.1) is 0 Å². The van der Waals surface area contributed by atoms with Gasteiger partial charge in [0.1, 0.15) is 11.2 Å². The molecule has 1 spiro atoms. The third kappa shape index (κ3) is 4.43. The lowest BCUT2D eigenvalue weighted by atomic mass is 9.70. The number of ether oxygens (including phenoxy) is 2. The van der Waals surface area contributed by atoms with Crippen molar-refractivity contribution >= 4 is 33.3 Å². The number of hydrogen-bond donors (Lipinski definition) is 0. The monoisotopic (exact) mass is 757 g/mol. The van der Waals surface area contributed by atoms with Crippen LogP contribution in [0.5, 0.6) is 11.5 Å². The molecule has 4 aliphatic rings. The highest BCUT2D eigenvalue weighted by Gasteiger charge is 2.53. The summed E-state index contributed by atoms with van der Waals surface area (Å²) < 4.78 is 20.6. The van der Waals surface area contributed by atoms with Gasteiger partial charge in [0.25, 0.3) is 0 Å². The molecule has 13 rings (SSSR count). The quantitative estimate of drug-likeness (QED) is 0.179. The van der Waals surface area contributed by atoms with Crippen molar-refractivity contribution in [2.24, 2.45) is 0 Å². The Morgan fingerprint density at radius 2 is 1.15 bits per heavy atom. The molecule has 1 aliphatic heterocycles. The van der Waals surface area contributed by atoms with E-state index in [2.05, 4.69) is 187 Å². The number of fused-ring (bicyclic) bond motifs is 15. The topological polar surface area (TPSA) is 34.8 Å². The minimum absolute atomic E-state index is 0.194. The number of benzene rings is 8. The van der Waals surface area contributed by atoms with Crippen LogP contribution >= 0.6 is 0 Å². The fourth-order valence-corrected chi connectivity index (χ4v) is 10.6. The molecule has 0 saturated carbocycles. The van der Waals surface area contributed by atoms with Gasteiger partial charge in [0, 0.05) is 27.7 Å². The molecule has 1 atom stereocenters. The molecule has 0 bridgehead atoms. The van der Waals surface area contributed by atoms with Crippen molar-refractivity contribution < 1.29 is 13.9 Å². The summed E-state index contributed by atoms with van der Waals surface area (Å²) in [5, 5.41) is 2.24. The molecule has 59 heavy (non-hydrogen) atoms. The van der Waals surface area contributed by atoms with Crippen LogP contribution in [0, 0.1) is 0 Å². The molecule has 8 aromatic carbocycles. The van der Waals surface area contributed by atoms with E-state index in [4.69, 9.17) is 13.9 Å². The van der Waals surface area contributed by atoms with Gasteiger partial charge in [-0.05, 0) is 105 Å². The molecule has 1 aromatic heterocycles. The highest BCUT2D eigenvalue weighted by atomic mass is 16.6. The van der Waals surface area contributed by atoms with Crippen molar-refractivity contribution in [1.82, 2.24) is 0 Å². The summed E-state index contributed by atoms with van der Waals surface area (Å²) in [5.41, 5.74) is 15.6. The summed E-state index contributed by atoms with van der Waals surface area (Å²) in [4.78, 5) is 2.41. The fraction of sp³-hybridized carbons (Fsp3) is 0.0545. The molecular formula is C55H35NO3. The van der Waals surface area contributed by atoms with Crippen LogP contribution in [-0.4, -0.2) is 6.04 Å². The van der Waals surface area contributed by atoms with Crippen molar-refractivity contribution in [2.45, 2.75) is 17.9 Å². The summed E-state index contributed by atoms with van der Waals surface area (Å²) in [6.07, 6.45) is 5.01. The number of hydrogen-bond acceptors (Lipinski definition) is 4. The van der Waals surface area contributed by atoms with E-state index in [1.54, 1.807) is 0 Å². The van der Waals surface area contributed by atoms with Crippen molar-refractivity contribution in [3.8, 4) is 44.9 Å². The summed E-state index contributed by atoms with van der Waals surface area (Å²) >= 11 is 0. The fourth-order valence-electron chi connectivity index (χ4n) is 10.6. The van der Waals surface area contributed by atoms with Gasteiger partial charge in [-0.2, -0.15) is 0 Å². The van der Waals surface area contributed by atoms with Gasteiger partial charge in [0.15, 0.2) is 23.0 Å². The van der Waals surface area contributed by atoms with E-state index in [9.17, 15) is 0 Å². The van der Waals surface area contributed by atoms with Gasteiger partial charge in [-0.25, -0.2) is 0 Å². The van der Waals surface area contributed by atoms with Crippen molar-refractivity contribution in [2.75, 3.05) is 4.90 Å². The first-order chi connectivity index (χ1) is 29.3. The lowest BCUT2D eigenvalue weighted by Crippen LogP contribution is -2.38. The highest BCUT2D eigenvalue weighted by molar-refractivity contribution is 6.12. The van der Waals surface area contributed by atoms with Crippen LogP contribution < -0.4 is 14.4 Å². The Hall–Kier alpha value is -7.56. The molecule has 3 aliphatic carbocycles. The van der Waals surface area contributed by atoms with Crippen LogP contribution in [0.25, 0.3) is 55.3 Å². The predicted octanol–water partition coefficient (Wildman–Crippen LogP) is 13.7. The van der Waals surface area contributed by atoms with E-state index in [1.807, 2.05) is 12.1 Å². The average Bonchev–Trinajstić information content (AvgIpc) is 3.93. The van der Waals surface area contributed by atoms with Crippen LogP contribution in [0.2, 0.25) is 0 Å². The Bertz CT molecular complexity index is 3230. The van der Waals surface area contributed by atoms with E-state index in [0.29, 0.717) is 0 Å². The Balaban J connectivity index is 0.973. The van der Waals surface area contributed by atoms with Gasteiger partial charge in [0.05, 0.1) is 11.5 Å². The molecule has 4 nitrogen and oxygen atoms in total. The van der Waals surface area contributed by atoms with Crippen molar-refractivity contribution in [3.05, 3.63) is 228 Å². The number of allylic oxidation sites excluding steroid dienone is 1. The number of anilines is 2. The molecule has 0 N–H and O–H groups in total. The molecular weight excluding hydrogens is 723 g/mol. The van der Waals surface area contributed by atoms with Gasteiger partial charge >= 0.3 is 0 Å². The molecule has 4 heteroatoms. The summed E-state index contributed by atoms with van der Waals surface area (Å²) in [6.45, 7) is 0. The summed E-state index contributed by atoms with van der Waals surface area (Å²) in [7, 11) is 0. The Labute approximate surface area is 341 Å². The zero-order valence-corrected chi connectivity index (χ0v) is 31.9. The first-order valence-electron chi connectivity index (χ1n) is 20.4. The number of rotatable bonds is 4. The molecule has 0 fully saturated rings. The SMILES string of the molecule is C1=CC2=C(Oc3c(ccc4c3-c3ccccc3C43c4ccccc4-c4ccccc43)O2)C(N(c2ccccc2)c2cccc(-c3cccc4oc5ccccc5c34)c2)C1. The van der Waals surface area contributed by atoms with Crippen LogP contribution in [0.15, 0.2) is 210 Å². The number of nitrogens with zero attached hydrogens (tertiary/aromatic N) is 1. The van der Waals surface area contributed by atoms with Gasteiger partial charge < -0.3 is 18.8 Å². The lowest BCUT2D eigenvalue weighted by molar-refractivity contribution is 0.278. The maximum atomic E-state index is 7.41. The standard InChI is InChI=1S/C55H35NO3/c1-2-16-35(17-3-1)56(36-18-12-15-34(33-36)37-23-13-29-48-51(37)41-22-7-11-28-47(41)57-48)46-27-14-30-49-53(46)59-54-50(58-49)32-31-45-52(54)40-21-6-10-26-44(40)55(45)42-24-8-4-19-38(42)39-20-5-9-25-43(39)55/h1-26,28-33,46H,27H2. The van der Waals surface area contributed by atoms with Gasteiger partial charge in [0.2, 0.25) is 0 Å². The van der Waals surface area contributed by atoms with Crippen molar-refractivity contribution in [1.29, 1.82) is 0 Å². The first kappa shape index (κ1) is 32.5. The van der Waals surface area contributed by atoms with Gasteiger partial charge in [-0.1, -0.05) is 146 Å². The maximum absolute atomic E-state index is 7.41. The predicted molar refractivity (Wildman–Crippen MR) is 236 cm³/mol. The first-order valence-corrected chi connectivity index (χ1v) is 20.4. The lowest BCUT2D eigenvalue weighted by Gasteiger charge is -2.38. The van der Waals surface area contributed by atoms with Crippen LogP contribution in [-0.2, 0) is 5.41 Å². The highest BCUT2D eigenvalue weighted by Crippen LogP contribution is 2.65. The Morgan fingerprint density at radius 1 is 0.508 bits per heavy atom. The van der Waals surface area contributed by atoms with E-state index in [-0.39, 0.29) is 6.04 Å². The Morgan fingerprint density at radius 3 is 1.97 bits per heavy atom. The molecule has 9 aromatic rings. The zero-order chi connectivity index (χ0) is 38.7. The van der Waals surface area contributed by atoms with E-state index in [0.717, 1.165) is 79.4 Å². The van der Waals surface area contributed by atoms with Crippen LogP contribution in [0.3, 0.4) is 0 Å². The second kappa shape index (κ2) is 12.2. The third-order valence-electron chi connectivity index (χ3n) is 12.9. The molecule has 0 saturated heterocycles. The van der Waals surface area contributed by atoms with E-state index < -0.39 is 5.41 Å². The second-order valence-electron chi connectivity index (χ2n) is 15.8. The smallest absolute Gasteiger partial charge is 0.177 e. The maximum Gasteiger partial charge on any atom is 0.177 e. The molecule has 0 radical (unpaired) electrons. The normalized spacial score (nSPS) is 16.2. The Kier molecular flexibility index (Phi) is 6.74. The molecule has 0 amide bonds. The zero-order valence-electron chi connectivity index (χ0n) is 31.9. The van der Waals surface area contributed by atoms with Crippen LogP contribution in [0.1, 0.15) is 28.7 Å². The van der Waals surface area contributed by atoms with E-state index >= 15 is 0 Å². The van der Waals surface area contributed by atoms with E-state index in [1.165, 1.54) is 38.9 Å². The molecule has 278 valence electrons. The molecule has 1 unspecified atom stereocenters. The average molecular weight is 758 g/mol. The van der Waals surface area contributed by atoms with Crippen molar-refractivity contribution in [3.63, 3.8) is 0 Å². The summed E-state index contributed by atoms with van der Waals surface area (Å²) in [5.74, 6) is 3.04. The number of para-hydroxylation sites is 2. The van der Waals surface area contributed by atoms with Gasteiger partial charge in [-0.3, -0.25) is 0 Å². The minimum Gasteiger partial charge on any atom is -0.456 e. The molecule has 2 heterocycles. The minimum atomic E-state index is -0.474. The van der Waals surface area contributed by atoms with Crippen LogP contribution in [0.4, 0.5) is 11.4 Å².